The summed E-state index contributed by atoms with van der Waals surface area (Å²) in [6, 6.07) is 0. The molecule has 0 amide bonds. The molecule has 1 nitrogen and oxygen atoms in total. The molecule has 0 aliphatic carbocycles. The van der Waals surface area contributed by atoms with E-state index in [9.17, 15) is 0 Å². The van der Waals surface area contributed by atoms with Gasteiger partial charge in [0.25, 0.3) is 0 Å². The number of hydrogen-bond donors (Lipinski definition) is 0. The van der Waals surface area contributed by atoms with Crippen LogP contribution in [0.5, 0.6) is 0 Å². The predicted molar refractivity (Wildman–Crippen MR) is 44.9 cm³/mol. The SMILES string of the molecule is CC1=C[C-](C)C=CC(C)=N1.[Cr]. The summed E-state index contributed by atoms with van der Waals surface area (Å²) in [5.41, 5.74) is 2.16. The second kappa shape index (κ2) is 4.43. The summed E-state index contributed by atoms with van der Waals surface area (Å²) in [7, 11) is 0. The van der Waals surface area contributed by atoms with E-state index in [1.54, 1.807) is 0 Å². The van der Waals surface area contributed by atoms with E-state index in [-0.39, 0.29) is 17.4 Å². The molecule has 1 aliphatic heterocycles. The van der Waals surface area contributed by atoms with E-state index in [1.807, 2.05) is 19.9 Å². The number of rotatable bonds is 0. The molecule has 0 bridgehead atoms. The number of allylic oxidation sites excluding steroid dienone is 4. The van der Waals surface area contributed by atoms with E-state index in [2.05, 4.69) is 24.1 Å². The molecule has 0 atom stereocenters. The predicted octanol–water partition coefficient (Wildman–Crippen LogP) is 2.51. The van der Waals surface area contributed by atoms with Gasteiger partial charge >= 0.3 is 0 Å². The van der Waals surface area contributed by atoms with Crippen molar-refractivity contribution in [2.75, 3.05) is 0 Å². The monoisotopic (exact) mass is 186 g/mol. The average molecular weight is 186 g/mol. The molecule has 0 saturated heterocycles. The molecule has 0 fully saturated rings. The van der Waals surface area contributed by atoms with Gasteiger partial charge in [0, 0.05) is 17.4 Å². The fraction of sp³-hybridized carbons (Fsp3) is 0.333. The first-order chi connectivity index (χ1) is 4.68. The molecule has 0 unspecified atom stereocenters. The van der Waals surface area contributed by atoms with Crippen LogP contribution in [0.2, 0.25) is 0 Å². The van der Waals surface area contributed by atoms with Crippen molar-refractivity contribution in [2.45, 2.75) is 20.8 Å². The van der Waals surface area contributed by atoms with E-state index in [4.69, 9.17) is 0 Å². The zero-order valence-corrected chi connectivity index (χ0v) is 8.36. The molecule has 0 saturated carbocycles. The van der Waals surface area contributed by atoms with Crippen molar-refractivity contribution in [1.29, 1.82) is 0 Å². The molecule has 0 spiro atoms. The van der Waals surface area contributed by atoms with Gasteiger partial charge in [0.1, 0.15) is 0 Å². The quantitative estimate of drug-likeness (QED) is 0.515. The minimum Gasteiger partial charge on any atom is -0.335 e. The van der Waals surface area contributed by atoms with Crippen LogP contribution >= 0.6 is 0 Å². The maximum atomic E-state index is 4.30. The Morgan fingerprint density at radius 3 is 2.64 bits per heavy atom. The first kappa shape index (κ1) is 10.6. The maximum absolute atomic E-state index is 4.30. The van der Waals surface area contributed by atoms with Gasteiger partial charge < -0.3 is 4.99 Å². The zero-order chi connectivity index (χ0) is 7.56. The van der Waals surface area contributed by atoms with Gasteiger partial charge in [-0.1, -0.05) is 19.5 Å². The third kappa shape index (κ3) is 3.46. The normalized spacial score (nSPS) is 16.5. The number of nitrogens with zero attached hydrogens (tertiary/aromatic N) is 1. The largest absolute Gasteiger partial charge is 0.335 e. The van der Waals surface area contributed by atoms with Gasteiger partial charge in [-0.15, -0.1) is 12.2 Å². The van der Waals surface area contributed by atoms with Gasteiger partial charge in [-0.3, -0.25) is 0 Å². The van der Waals surface area contributed by atoms with Crippen LogP contribution in [0.15, 0.2) is 28.9 Å². The van der Waals surface area contributed by atoms with Gasteiger partial charge in [0.15, 0.2) is 0 Å². The van der Waals surface area contributed by atoms with Crippen molar-refractivity contribution in [3.8, 4) is 0 Å². The second-order valence-corrected chi connectivity index (χ2v) is 2.62. The summed E-state index contributed by atoms with van der Waals surface area (Å²) in [5.74, 6) is 1.26. The first-order valence-corrected chi connectivity index (χ1v) is 3.44. The van der Waals surface area contributed by atoms with Gasteiger partial charge in [0.05, 0.1) is 0 Å². The zero-order valence-electron chi connectivity index (χ0n) is 7.09. The van der Waals surface area contributed by atoms with E-state index in [0.717, 1.165) is 11.4 Å². The summed E-state index contributed by atoms with van der Waals surface area (Å²) in [5, 5.41) is 0. The second-order valence-electron chi connectivity index (χ2n) is 2.62. The van der Waals surface area contributed by atoms with Gasteiger partial charge in [-0.25, -0.2) is 0 Å². The first-order valence-electron chi connectivity index (χ1n) is 3.44. The molecule has 0 aromatic heterocycles. The minimum atomic E-state index is 0. The Morgan fingerprint density at radius 1 is 1.36 bits per heavy atom. The Kier molecular flexibility index (Phi) is 4.25. The van der Waals surface area contributed by atoms with Crippen LogP contribution in [-0.2, 0) is 17.4 Å². The number of aliphatic imine (C=N–C) groups is 1. The van der Waals surface area contributed by atoms with Crippen LogP contribution in [0.25, 0.3) is 0 Å². The molecule has 11 heavy (non-hydrogen) atoms. The van der Waals surface area contributed by atoms with E-state index in [1.165, 1.54) is 5.92 Å². The van der Waals surface area contributed by atoms with Crippen LogP contribution < -0.4 is 0 Å². The van der Waals surface area contributed by atoms with Crippen LogP contribution in [-0.4, -0.2) is 5.71 Å². The van der Waals surface area contributed by atoms with E-state index < -0.39 is 0 Å². The summed E-state index contributed by atoms with van der Waals surface area (Å²) in [6.07, 6.45) is 6.19. The molecule has 1 aliphatic rings. The van der Waals surface area contributed by atoms with Crippen molar-refractivity contribution in [3.05, 3.63) is 29.8 Å². The fourth-order valence-electron chi connectivity index (χ4n) is 0.977. The smallest absolute Gasteiger partial charge is 0 e. The molecule has 2 heteroatoms. The van der Waals surface area contributed by atoms with Crippen LogP contribution in [0.3, 0.4) is 0 Å². The molecular formula is C9H12CrN-. The van der Waals surface area contributed by atoms with Crippen LogP contribution in [0, 0.1) is 5.92 Å². The van der Waals surface area contributed by atoms with Crippen molar-refractivity contribution in [1.82, 2.24) is 0 Å². The van der Waals surface area contributed by atoms with Gasteiger partial charge in [0.2, 0.25) is 0 Å². The molecule has 1 heterocycles. The van der Waals surface area contributed by atoms with Crippen molar-refractivity contribution in [3.63, 3.8) is 0 Å². The van der Waals surface area contributed by atoms with Crippen molar-refractivity contribution < 1.29 is 17.4 Å². The maximum Gasteiger partial charge on any atom is 0 e. The van der Waals surface area contributed by atoms with Gasteiger partial charge in [-0.2, -0.15) is 12.0 Å². The Balaban J connectivity index is 0.000001000. The van der Waals surface area contributed by atoms with Crippen LogP contribution in [0.4, 0.5) is 0 Å². The summed E-state index contributed by atoms with van der Waals surface area (Å²) in [4.78, 5) is 4.30. The van der Waals surface area contributed by atoms with Crippen molar-refractivity contribution >= 4 is 5.71 Å². The molecule has 0 N–H and O–H groups in total. The topological polar surface area (TPSA) is 12.4 Å². The molecular weight excluding hydrogens is 174 g/mol. The van der Waals surface area contributed by atoms with Crippen molar-refractivity contribution in [2.24, 2.45) is 4.99 Å². The summed E-state index contributed by atoms with van der Waals surface area (Å²) < 4.78 is 0. The third-order valence-corrected chi connectivity index (χ3v) is 1.38. The average Bonchev–Trinajstić information content (AvgIpc) is 1.93. The molecule has 60 valence electrons. The number of hydrogen-bond acceptors (Lipinski definition) is 1. The Labute approximate surface area is 79.0 Å². The minimum absolute atomic E-state index is 0. The Morgan fingerprint density at radius 2 is 2.00 bits per heavy atom. The molecule has 0 radical (unpaired) electrons. The third-order valence-electron chi connectivity index (χ3n) is 1.38. The standard InChI is InChI=1S/C9H12N.Cr/c1-7-4-5-8(2)10-9(3)6-7;/h4-6H,1-3H3;/q-1;. The summed E-state index contributed by atoms with van der Waals surface area (Å²) in [6.45, 7) is 6.10. The van der Waals surface area contributed by atoms with Crippen LogP contribution in [0.1, 0.15) is 20.8 Å². The fourth-order valence-corrected chi connectivity index (χ4v) is 0.977. The Hall–Kier alpha value is -0.448. The Bertz CT molecular complexity index is 214. The van der Waals surface area contributed by atoms with E-state index >= 15 is 0 Å². The van der Waals surface area contributed by atoms with Gasteiger partial charge in [-0.05, 0) is 12.6 Å². The molecule has 1 rings (SSSR count). The van der Waals surface area contributed by atoms with E-state index in [0.29, 0.717) is 0 Å². The molecule has 0 aromatic carbocycles. The summed E-state index contributed by atoms with van der Waals surface area (Å²) >= 11 is 0. The molecule has 0 aromatic rings.